The molecule has 0 aliphatic carbocycles. The lowest BCUT2D eigenvalue weighted by atomic mass is 9.94. The van der Waals surface area contributed by atoms with Crippen LogP contribution in [0, 0.1) is 19.8 Å². The third-order valence-electron chi connectivity index (χ3n) is 6.74. The average molecular weight is 477 g/mol. The predicted molar refractivity (Wildman–Crippen MR) is 135 cm³/mol. The summed E-state index contributed by atoms with van der Waals surface area (Å²) in [5.74, 6) is -0.207. The van der Waals surface area contributed by atoms with E-state index in [0.717, 1.165) is 22.3 Å². The van der Waals surface area contributed by atoms with Gasteiger partial charge < -0.3 is 5.32 Å². The number of hydrogen-bond donors (Lipinski definition) is 1. The Labute approximate surface area is 202 Å². The largest absolute Gasteiger partial charge is 0.349 e. The lowest BCUT2D eigenvalue weighted by molar-refractivity contribution is -0.126. The minimum Gasteiger partial charge on any atom is -0.349 e. The van der Waals surface area contributed by atoms with Gasteiger partial charge in [-0.15, -0.1) is 0 Å². The molecule has 3 aromatic rings. The first kappa shape index (κ1) is 24.2. The molecule has 0 aromatic heterocycles. The Hall–Kier alpha value is -2.96. The van der Waals surface area contributed by atoms with E-state index in [1.54, 1.807) is 12.1 Å². The molecule has 0 saturated carbocycles. The van der Waals surface area contributed by atoms with Crippen molar-refractivity contribution in [1.82, 2.24) is 9.62 Å². The Morgan fingerprint density at radius 3 is 2.15 bits per heavy atom. The molecule has 34 heavy (non-hydrogen) atoms. The molecular formula is C28H32N2O3S. The SMILES string of the molecule is Cc1ccc(S(=O)(=O)N2CCC(C(=O)NC(Cc3ccccc3)c3ccccc3)CC2)cc1C. The standard InChI is InChI=1S/C28H32N2O3S/c1-21-13-14-26(19-22(21)2)34(32,33)30-17-15-25(16-18-30)28(31)29-27(24-11-7-4-8-12-24)20-23-9-5-3-6-10-23/h3-14,19,25,27H,15-18,20H2,1-2H3,(H,29,31). The van der Waals surface area contributed by atoms with Crippen molar-refractivity contribution in [2.45, 2.75) is 44.0 Å². The van der Waals surface area contributed by atoms with E-state index < -0.39 is 10.0 Å². The topological polar surface area (TPSA) is 66.5 Å². The maximum absolute atomic E-state index is 13.2. The van der Waals surface area contributed by atoms with E-state index in [9.17, 15) is 13.2 Å². The Morgan fingerprint density at radius 2 is 1.53 bits per heavy atom. The summed E-state index contributed by atoms with van der Waals surface area (Å²) < 4.78 is 27.8. The molecule has 178 valence electrons. The normalized spacial score (nSPS) is 16.2. The number of aryl methyl sites for hydroxylation is 2. The summed E-state index contributed by atoms with van der Waals surface area (Å²) in [5.41, 5.74) is 4.25. The van der Waals surface area contributed by atoms with E-state index >= 15 is 0 Å². The fourth-order valence-electron chi connectivity index (χ4n) is 4.46. The molecule has 1 unspecified atom stereocenters. The fourth-order valence-corrected chi connectivity index (χ4v) is 6.01. The van der Waals surface area contributed by atoms with Gasteiger partial charge in [-0.1, -0.05) is 66.7 Å². The summed E-state index contributed by atoms with van der Waals surface area (Å²) in [6.07, 6.45) is 1.74. The average Bonchev–Trinajstić information content (AvgIpc) is 2.86. The number of carbonyl (C=O) groups is 1. The first-order valence-electron chi connectivity index (χ1n) is 11.8. The summed E-state index contributed by atoms with van der Waals surface area (Å²) in [4.78, 5) is 13.5. The lowest BCUT2D eigenvalue weighted by Crippen LogP contribution is -2.44. The van der Waals surface area contributed by atoms with Crippen LogP contribution in [0.15, 0.2) is 83.8 Å². The lowest BCUT2D eigenvalue weighted by Gasteiger charge is -2.31. The number of sulfonamides is 1. The Kier molecular flexibility index (Phi) is 7.49. The highest BCUT2D eigenvalue weighted by Crippen LogP contribution is 2.26. The first-order valence-corrected chi connectivity index (χ1v) is 13.3. The van der Waals surface area contributed by atoms with Gasteiger partial charge in [0.2, 0.25) is 15.9 Å². The predicted octanol–water partition coefficient (Wildman–Crippen LogP) is 4.80. The second-order valence-electron chi connectivity index (χ2n) is 9.09. The van der Waals surface area contributed by atoms with Crippen LogP contribution >= 0.6 is 0 Å². The van der Waals surface area contributed by atoms with Gasteiger partial charge in [-0.25, -0.2) is 8.42 Å². The molecule has 6 heteroatoms. The maximum atomic E-state index is 13.2. The van der Waals surface area contributed by atoms with E-state index in [1.807, 2.05) is 68.4 Å². The summed E-state index contributed by atoms with van der Waals surface area (Å²) in [6.45, 7) is 4.59. The first-order chi connectivity index (χ1) is 16.3. The quantitative estimate of drug-likeness (QED) is 0.532. The highest BCUT2D eigenvalue weighted by atomic mass is 32.2. The van der Waals surface area contributed by atoms with Gasteiger partial charge >= 0.3 is 0 Å². The minimum absolute atomic E-state index is 0.00647. The Bertz CT molecular complexity index is 1220. The fraction of sp³-hybridized carbons (Fsp3) is 0.321. The van der Waals surface area contributed by atoms with Gasteiger partial charge in [0.05, 0.1) is 10.9 Å². The molecule has 1 atom stereocenters. The molecule has 0 bridgehead atoms. The third-order valence-corrected chi connectivity index (χ3v) is 8.64. The second-order valence-corrected chi connectivity index (χ2v) is 11.0. The molecule has 1 heterocycles. The van der Waals surface area contributed by atoms with Crippen molar-refractivity contribution in [3.8, 4) is 0 Å². The zero-order chi connectivity index (χ0) is 24.1. The zero-order valence-corrected chi connectivity index (χ0v) is 20.6. The van der Waals surface area contributed by atoms with Gasteiger partial charge in [-0.2, -0.15) is 4.31 Å². The monoisotopic (exact) mass is 476 g/mol. The molecule has 0 radical (unpaired) electrons. The summed E-state index contributed by atoms with van der Waals surface area (Å²) in [5, 5.41) is 3.24. The molecule has 5 nitrogen and oxygen atoms in total. The minimum atomic E-state index is -3.56. The molecule has 4 rings (SSSR count). The number of carbonyl (C=O) groups excluding carboxylic acids is 1. The van der Waals surface area contributed by atoms with E-state index in [-0.39, 0.29) is 17.9 Å². The molecule has 1 saturated heterocycles. The molecule has 3 aromatic carbocycles. The zero-order valence-electron chi connectivity index (χ0n) is 19.8. The van der Waals surface area contributed by atoms with Crippen molar-refractivity contribution in [1.29, 1.82) is 0 Å². The Balaban J connectivity index is 1.42. The van der Waals surface area contributed by atoms with Crippen LogP contribution in [0.5, 0.6) is 0 Å². The van der Waals surface area contributed by atoms with E-state index in [4.69, 9.17) is 0 Å². The van der Waals surface area contributed by atoms with E-state index in [0.29, 0.717) is 37.2 Å². The van der Waals surface area contributed by atoms with Crippen LogP contribution < -0.4 is 5.32 Å². The van der Waals surface area contributed by atoms with Crippen LogP contribution in [0.2, 0.25) is 0 Å². The van der Waals surface area contributed by atoms with Crippen molar-refractivity contribution in [2.75, 3.05) is 13.1 Å². The highest BCUT2D eigenvalue weighted by molar-refractivity contribution is 7.89. The molecular weight excluding hydrogens is 444 g/mol. The van der Waals surface area contributed by atoms with Crippen LogP contribution in [-0.2, 0) is 21.2 Å². The summed E-state index contributed by atoms with van der Waals surface area (Å²) >= 11 is 0. The summed E-state index contributed by atoms with van der Waals surface area (Å²) in [6, 6.07) is 25.3. The van der Waals surface area contributed by atoms with Crippen molar-refractivity contribution < 1.29 is 13.2 Å². The number of hydrogen-bond acceptors (Lipinski definition) is 3. The number of piperidine rings is 1. The van der Waals surface area contributed by atoms with Gasteiger partial charge in [0.25, 0.3) is 0 Å². The van der Waals surface area contributed by atoms with Gasteiger partial charge in [-0.3, -0.25) is 4.79 Å². The van der Waals surface area contributed by atoms with Crippen LogP contribution in [0.4, 0.5) is 0 Å². The third kappa shape index (κ3) is 5.57. The van der Waals surface area contributed by atoms with Crippen molar-refractivity contribution in [3.63, 3.8) is 0 Å². The molecule has 1 fully saturated rings. The number of nitrogens with zero attached hydrogens (tertiary/aromatic N) is 1. The smallest absolute Gasteiger partial charge is 0.243 e. The molecule has 0 spiro atoms. The van der Waals surface area contributed by atoms with Crippen LogP contribution in [0.3, 0.4) is 0 Å². The van der Waals surface area contributed by atoms with Gasteiger partial charge in [0.1, 0.15) is 0 Å². The number of rotatable bonds is 7. The van der Waals surface area contributed by atoms with E-state index in [2.05, 4.69) is 17.4 Å². The number of amides is 1. The van der Waals surface area contributed by atoms with Gasteiger partial charge in [0.15, 0.2) is 0 Å². The molecule has 1 aliphatic rings. The van der Waals surface area contributed by atoms with E-state index in [1.165, 1.54) is 4.31 Å². The van der Waals surface area contributed by atoms with Gasteiger partial charge in [0, 0.05) is 19.0 Å². The van der Waals surface area contributed by atoms with Crippen LogP contribution in [0.1, 0.15) is 41.1 Å². The van der Waals surface area contributed by atoms with Crippen LogP contribution in [0.25, 0.3) is 0 Å². The molecule has 1 amide bonds. The Morgan fingerprint density at radius 1 is 0.912 bits per heavy atom. The maximum Gasteiger partial charge on any atom is 0.243 e. The number of nitrogens with one attached hydrogen (secondary N) is 1. The van der Waals surface area contributed by atoms with Crippen molar-refractivity contribution in [2.24, 2.45) is 5.92 Å². The van der Waals surface area contributed by atoms with Crippen LogP contribution in [-0.4, -0.2) is 31.7 Å². The molecule has 1 aliphatic heterocycles. The summed E-state index contributed by atoms with van der Waals surface area (Å²) in [7, 11) is -3.56. The number of benzene rings is 3. The van der Waals surface area contributed by atoms with Gasteiger partial charge in [-0.05, 0) is 67.5 Å². The van der Waals surface area contributed by atoms with Crippen molar-refractivity contribution in [3.05, 3.63) is 101 Å². The molecule has 1 N–H and O–H groups in total. The van der Waals surface area contributed by atoms with Crippen molar-refractivity contribution >= 4 is 15.9 Å². The highest BCUT2D eigenvalue weighted by Gasteiger charge is 2.33. The second kappa shape index (κ2) is 10.5.